The summed E-state index contributed by atoms with van der Waals surface area (Å²) in [5.41, 5.74) is 7.80. The minimum absolute atomic E-state index is 0.104. The van der Waals surface area contributed by atoms with Crippen molar-refractivity contribution in [2.45, 2.75) is 57.8 Å². The number of likely N-dealkylation sites (tertiary alicyclic amines) is 1. The zero-order valence-electron chi connectivity index (χ0n) is 20.1. The van der Waals surface area contributed by atoms with Gasteiger partial charge in [-0.2, -0.15) is 5.10 Å². The van der Waals surface area contributed by atoms with Crippen molar-refractivity contribution in [3.8, 4) is 11.3 Å². The molecule has 5 heterocycles. The third kappa shape index (κ3) is 3.55. The van der Waals surface area contributed by atoms with E-state index in [0.29, 0.717) is 18.4 Å². The van der Waals surface area contributed by atoms with Crippen molar-refractivity contribution in [1.29, 1.82) is 0 Å². The van der Waals surface area contributed by atoms with Crippen LogP contribution in [0.5, 0.6) is 0 Å². The number of likely N-dealkylation sites (N-methyl/N-ethyl adjacent to an activating group) is 1. The first kappa shape index (κ1) is 21.8. The number of carbonyl (C=O) groups is 1. The minimum atomic E-state index is 0.104. The van der Waals surface area contributed by atoms with E-state index in [-0.39, 0.29) is 5.91 Å². The van der Waals surface area contributed by atoms with Gasteiger partial charge in [0.1, 0.15) is 11.2 Å². The zero-order chi connectivity index (χ0) is 23.4. The van der Waals surface area contributed by atoms with Crippen LogP contribution in [0.1, 0.15) is 66.5 Å². The predicted molar refractivity (Wildman–Crippen MR) is 137 cm³/mol. The van der Waals surface area contributed by atoms with Gasteiger partial charge in [0.15, 0.2) is 5.65 Å². The molecule has 6 rings (SSSR count). The topological polar surface area (TPSA) is 78.3 Å². The highest BCUT2D eigenvalue weighted by Gasteiger charge is 2.28. The summed E-state index contributed by atoms with van der Waals surface area (Å²) in [5.74, 6) is 1.10. The molecule has 1 saturated heterocycles. The molecule has 8 heteroatoms. The van der Waals surface area contributed by atoms with Gasteiger partial charge in [0.25, 0.3) is 0 Å². The van der Waals surface area contributed by atoms with Crippen LogP contribution >= 0.6 is 11.3 Å². The summed E-state index contributed by atoms with van der Waals surface area (Å²) in [7, 11) is 1.71. The average Bonchev–Trinajstić information content (AvgIpc) is 3.60. The number of aromatic nitrogens is 4. The molecular weight excluding hydrogens is 444 g/mol. The molecule has 0 radical (unpaired) electrons. The van der Waals surface area contributed by atoms with Gasteiger partial charge in [0.05, 0.1) is 12.2 Å². The number of thiophene rings is 1. The summed E-state index contributed by atoms with van der Waals surface area (Å²) in [6, 6.07) is 2.45. The van der Waals surface area contributed by atoms with Gasteiger partial charge in [-0.15, -0.1) is 11.3 Å². The van der Waals surface area contributed by atoms with Crippen molar-refractivity contribution in [3.63, 3.8) is 0 Å². The van der Waals surface area contributed by atoms with Gasteiger partial charge in [0.2, 0.25) is 5.91 Å². The molecule has 4 aromatic rings. The number of carbonyl (C=O) groups excluding carboxylic acids is 1. The zero-order valence-corrected chi connectivity index (χ0v) is 21.0. The Bertz CT molecular complexity index is 1370. The molecule has 0 aromatic carbocycles. The molecule has 1 fully saturated rings. The number of nitrogens with zero attached hydrogens (tertiary/aromatic N) is 4. The number of hydrogen-bond donors (Lipinski definition) is 2. The van der Waals surface area contributed by atoms with E-state index >= 15 is 0 Å². The highest BCUT2D eigenvalue weighted by molar-refractivity contribution is 7.18. The van der Waals surface area contributed by atoms with E-state index in [1.807, 2.05) is 15.9 Å². The molecule has 34 heavy (non-hydrogen) atoms. The number of piperidine rings is 1. The Morgan fingerprint density at radius 1 is 1.26 bits per heavy atom. The Kier molecular flexibility index (Phi) is 5.45. The number of amides is 1. The van der Waals surface area contributed by atoms with Crippen LogP contribution in [0.2, 0.25) is 0 Å². The van der Waals surface area contributed by atoms with E-state index in [0.717, 1.165) is 44.4 Å². The molecule has 4 aromatic heterocycles. The second-order valence-corrected chi connectivity index (χ2v) is 11.1. The first-order valence-corrected chi connectivity index (χ1v) is 13.3. The van der Waals surface area contributed by atoms with E-state index in [1.165, 1.54) is 49.5 Å². The second-order valence-electron chi connectivity index (χ2n) is 10.1. The van der Waals surface area contributed by atoms with E-state index in [1.54, 1.807) is 13.4 Å². The van der Waals surface area contributed by atoms with Gasteiger partial charge < -0.3 is 10.3 Å². The third-order valence-corrected chi connectivity index (χ3v) is 8.88. The molecule has 2 N–H and O–H groups in total. The Hall–Kier alpha value is -2.71. The monoisotopic (exact) mass is 476 g/mol. The summed E-state index contributed by atoms with van der Waals surface area (Å²) < 4.78 is 1.95. The van der Waals surface area contributed by atoms with E-state index < -0.39 is 0 Å². The molecule has 7 nitrogen and oxygen atoms in total. The maximum Gasteiger partial charge on any atom is 0.233 e. The first-order valence-electron chi connectivity index (χ1n) is 12.5. The molecule has 0 spiro atoms. The number of fused-ring (bicyclic) bond motifs is 4. The number of H-pyrrole nitrogens is 1. The fourth-order valence-corrected chi connectivity index (χ4v) is 7.20. The maximum atomic E-state index is 11.7. The van der Waals surface area contributed by atoms with Crippen LogP contribution < -0.4 is 5.32 Å². The number of aryl methyl sites for hydroxylation is 1. The summed E-state index contributed by atoms with van der Waals surface area (Å²) in [6.45, 7) is 7.08. The number of rotatable bonds is 5. The third-order valence-electron chi connectivity index (χ3n) is 7.67. The van der Waals surface area contributed by atoms with Crippen LogP contribution in [0.25, 0.3) is 27.1 Å². The van der Waals surface area contributed by atoms with Gasteiger partial charge in [-0.3, -0.25) is 9.69 Å². The van der Waals surface area contributed by atoms with Gasteiger partial charge in [-0.25, -0.2) is 9.50 Å². The van der Waals surface area contributed by atoms with Crippen molar-refractivity contribution in [1.82, 2.24) is 29.8 Å². The lowest BCUT2D eigenvalue weighted by Crippen LogP contribution is -2.40. The molecule has 0 bridgehead atoms. The lowest BCUT2D eigenvalue weighted by Gasteiger charge is -2.30. The van der Waals surface area contributed by atoms with Crippen LogP contribution in [-0.2, 0) is 17.6 Å². The van der Waals surface area contributed by atoms with Crippen LogP contribution in [0.4, 0.5) is 0 Å². The maximum absolute atomic E-state index is 11.7. The summed E-state index contributed by atoms with van der Waals surface area (Å²) in [6.07, 6.45) is 9.44. The standard InChI is InChI=1S/C26H32N6OS/c1-15(2)23-19-11-21(16-7-9-31(10-8-16)13-22(33)27-3)34-26(19)30-24(23)20-12-32-25(28-14-29-32)18-6-4-5-17(18)20/h11-12,14-16,30H,4-10,13H2,1-3H3,(H,27,33). The number of hydrogen-bond acceptors (Lipinski definition) is 5. The van der Waals surface area contributed by atoms with Gasteiger partial charge in [-0.05, 0) is 74.2 Å². The molecule has 0 saturated carbocycles. The van der Waals surface area contributed by atoms with E-state index in [9.17, 15) is 4.79 Å². The van der Waals surface area contributed by atoms with Crippen molar-refractivity contribution in [2.75, 3.05) is 26.7 Å². The molecule has 2 aliphatic rings. The van der Waals surface area contributed by atoms with Crippen molar-refractivity contribution in [2.24, 2.45) is 0 Å². The number of aromatic amines is 1. The van der Waals surface area contributed by atoms with Gasteiger partial charge in [-0.1, -0.05) is 13.8 Å². The Morgan fingerprint density at radius 3 is 2.82 bits per heavy atom. The smallest absolute Gasteiger partial charge is 0.233 e. The number of pyridine rings is 1. The van der Waals surface area contributed by atoms with Crippen LogP contribution in [0.15, 0.2) is 18.6 Å². The first-order chi connectivity index (χ1) is 16.5. The summed E-state index contributed by atoms with van der Waals surface area (Å²) in [4.78, 5) is 25.1. The van der Waals surface area contributed by atoms with Crippen molar-refractivity contribution in [3.05, 3.63) is 40.2 Å². The van der Waals surface area contributed by atoms with Crippen LogP contribution in [-0.4, -0.2) is 57.1 Å². The lowest BCUT2D eigenvalue weighted by molar-refractivity contribution is -0.122. The largest absolute Gasteiger partial charge is 0.358 e. The quantitative estimate of drug-likeness (QED) is 0.445. The van der Waals surface area contributed by atoms with E-state index in [2.05, 4.69) is 51.4 Å². The average molecular weight is 477 g/mol. The number of nitrogens with one attached hydrogen (secondary N) is 2. The van der Waals surface area contributed by atoms with Gasteiger partial charge in [0, 0.05) is 34.6 Å². The summed E-state index contributed by atoms with van der Waals surface area (Å²) in [5, 5.41) is 8.58. The van der Waals surface area contributed by atoms with Crippen LogP contribution in [0.3, 0.4) is 0 Å². The van der Waals surface area contributed by atoms with E-state index in [4.69, 9.17) is 0 Å². The van der Waals surface area contributed by atoms with Crippen molar-refractivity contribution < 1.29 is 4.79 Å². The molecule has 1 aliphatic carbocycles. The SMILES string of the molecule is CNC(=O)CN1CCC(c2cc3c(C(C)C)c(-c4cn5ncnc5c5c4CCC5)[nH]c3s2)CC1. The Morgan fingerprint density at radius 2 is 2.06 bits per heavy atom. The fourth-order valence-electron chi connectivity index (χ4n) is 5.95. The normalized spacial score (nSPS) is 17.3. The molecule has 1 amide bonds. The summed E-state index contributed by atoms with van der Waals surface area (Å²) >= 11 is 1.92. The molecule has 0 atom stereocenters. The second kappa shape index (κ2) is 8.50. The predicted octanol–water partition coefficient (Wildman–Crippen LogP) is 4.48. The Labute approximate surface area is 203 Å². The molecule has 178 valence electrons. The highest BCUT2D eigenvalue weighted by Crippen LogP contribution is 2.44. The highest BCUT2D eigenvalue weighted by atomic mass is 32.1. The fraction of sp³-hybridized carbons (Fsp3) is 0.500. The van der Waals surface area contributed by atoms with Crippen molar-refractivity contribution >= 4 is 33.1 Å². The minimum Gasteiger partial charge on any atom is -0.358 e. The van der Waals surface area contributed by atoms with Gasteiger partial charge >= 0.3 is 0 Å². The molecule has 1 aliphatic heterocycles. The Balaban J connectivity index is 1.35. The molecule has 0 unspecified atom stereocenters. The molecular formula is C26H32N6OS. The lowest BCUT2D eigenvalue weighted by atomic mass is 9.92. The van der Waals surface area contributed by atoms with Crippen LogP contribution in [0, 0.1) is 0 Å².